The molecule has 0 aliphatic carbocycles. The van der Waals surface area contributed by atoms with Gasteiger partial charge in [0.2, 0.25) is 5.91 Å². The lowest BCUT2D eigenvalue weighted by atomic mass is 9.98. The molecule has 0 spiro atoms. The molecule has 1 aliphatic heterocycles. The molecule has 1 saturated heterocycles. The smallest absolute Gasteiger partial charge is 0.224 e. The number of benzene rings is 1. The Morgan fingerprint density at radius 2 is 2.00 bits per heavy atom. The van der Waals surface area contributed by atoms with Gasteiger partial charge in [-0.2, -0.15) is 0 Å². The van der Waals surface area contributed by atoms with Gasteiger partial charge in [0.25, 0.3) is 0 Å². The van der Waals surface area contributed by atoms with Crippen LogP contribution >= 0.6 is 12.2 Å². The number of hydrogen-bond acceptors (Lipinski definition) is 3. The number of carbonyl (C=O) groups excluding carboxylic acids is 1. The Morgan fingerprint density at radius 3 is 2.61 bits per heavy atom. The van der Waals surface area contributed by atoms with E-state index in [0.717, 1.165) is 28.2 Å². The van der Waals surface area contributed by atoms with Gasteiger partial charge in [0.15, 0.2) is 5.11 Å². The molecule has 6 nitrogen and oxygen atoms in total. The van der Waals surface area contributed by atoms with E-state index >= 15 is 0 Å². The highest BCUT2D eigenvalue weighted by Gasteiger charge is 2.41. The molecule has 3 heterocycles. The van der Waals surface area contributed by atoms with Crippen molar-refractivity contribution in [1.82, 2.24) is 14.9 Å². The lowest BCUT2D eigenvalue weighted by molar-refractivity contribution is -0.115. The molecule has 1 amide bonds. The zero-order chi connectivity index (χ0) is 23.8. The standard InChI is InChI=1S/C26H31N5OS/c1-6-22(32)28-20-11-10-19(15-17(20)2)31-24(18-12-14-30(16-18)26(3,4)5)23(29-25(31)33)21-9-7-8-13-27-21/h7-16,23-24H,6H2,1-5H3,(H,28,32)(H,29,33)/t23-,24+/m1/s1. The number of nitrogens with one attached hydrogen (secondary N) is 2. The molecule has 172 valence electrons. The maximum Gasteiger partial charge on any atom is 0.224 e. The third-order valence-electron chi connectivity index (χ3n) is 6.01. The Labute approximate surface area is 201 Å². The van der Waals surface area contributed by atoms with Crippen LogP contribution in [-0.2, 0) is 10.3 Å². The predicted octanol–water partition coefficient (Wildman–Crippen LogP) is 5.47. The van der Waals surface area contributed by atoms with E-state index in [1.54, 1.807) is 0 Å². The number of amides is 1. The van der Waals surface area contributed by atoms with Gasteiger partial charge in [-0.05, 0) is 87.4 Å². The van der Waals surface area contributed by atoms with E-state index in [9.17, 15) is 4.79 Å². The summed E-state index contributed by atoms with van der Waals surface area (Å²) in [6.45, 7) is 10.4. The van der Waals surface area contributed by atoms with Gasteiger partial charge in [0.05, 0.1) is 17.8 Å². The molecule has 1 fully saturated rings. The third kappa shape index (κ3) is 4.64. The summed E-state index contributed by atoms with van der Waals surface area (Å²) in [4.78, 5) is 18.7. The van der Waals surface area contributed by atoms with Crippen molar-refractivity contribution in [3.63, 3.8) is 0 Å². The van der Waals surface area contributed by atoms with E-state index in [1.165, 1.54) is 0 Å². The van der Waals surface area contributed by atoms with Gasteiger partial charge >= 0.3 is 0 Å². The first-order chi connectivity index (χ1) is 15.7. The van der Waals surface area contributed by atoms with Crippen LogP contribution in [-0.4, -0.2) is 20.6 Å². The lowest BCUT2D eigenvalue weighted by Gasteiger charge is -2.28. The summed E-state index contributed by atoms with van der Waals surface area (Å²) in [5.41, 5.74) is 4.87. The summed E-state index contributed by atoms with van der Waals surface area (Å²) in [6.07, 6.45) is 6.58. The molecule has 2 atom stereocenters. The van der Waals surface area contributed by atoms with Gasteiger partial charge in [-0.15, -0.1) is 0 Å². The number of thiocarbonyl (C=S) groups is 1. The molecule has 0 bridgehead atoms. The summed E-state index contributed by atoms with van der Waals surface area (Å²) in [5, 5.41) is 7.13. The van der Waals surface area contributed by atoms with Crippen LogP contribution in [0.15, 0.2) is 61.1 Å². The molecular weight excluding hydrogens is 430 g/mol. The summed E-state index contributed by atoms with van der Waals surface area (Å²) < 4.78 is 2.23. The Balaban J connectivity index is 1.77. The van der Waals surface area contributed by atoms with Crippen molar-refractivity contribution in [3.05, 3.63) is 77.9 Å². The number of aromatic nitrogens is 2. The van der Waals surface area contributed by atoms with Gasteiger partial charge in [0.1, 0.15) is 0 Å². The Hall–Kier alpha value is -3.19. The highest BCUT2D eigenvalue weighted by Crippen LogP contribution is 2.42. The van der Waals surface area contributed by atoms with Crippen LogP contribution in [0.2, 0.25) is 0 Å². The minimum absolute atomic E-state index is 0.000762. The van der Waals surface area contributed by atoms with Gasteiger partial charge < -0.3 is 20.1 Å². The van der Waals surface area contributed by atoms with E-state index in [4.69, 9.17) is 12.2 Å². The maximum absolute atomic E-state index is 11.9. The Bertz CT molecular complexity index is 1160. The van der Waals surface area contributed by atoms with Crippen molar-refractivity contribution in [1.29, 1.82) is 0 Å². The average molecular weight is 462 g/mol. The topological polar surface area (TPSA) is 62.2 Å². The number of hydrogen-bond donors (Lipinski definition) is 2. The number of carbonyl (C=O) groups is 1. The van der Waals surface area contributed by atoms with Gasteiger partial charge in [0, 0.05) is 41.9 Å². The van der Waals surface area contributed by atoms with Gasteiger partial charge in [-0.25, -0.2) is 0 Å². The van der Waals surface area contributed by atoms with Crippen LogP contribution in [0.3, 0.4) is 0 Å². The minimum atomic E-state index is -0.0886. The summed E-state index contributed by atoms with van der Waals surface area (Å²) in [7, 11) is 0. The molecule has 7 heteroatoms. The van der Waals surface area contributed by atoms with Crippen LogP contribution in [0, 0.1) is 6.92 Å². The fraction of sp³-hybridized carbons (Fsp3) is 0.346. The van der Waals surface area contributed by atoms with Crippen LogP contribution in [0.25, 0.3) is 0 Å². The first-order valence-electron chi connectivity index (χ1n) is 11.3. The number of rotatable bonds is 5. The number of nitrogens with zero attached hydrogens (tertiary/aromatic N) is 3. The largest absolute Gasteiger partial charge is 0.351 e. The van der Waals surface area contributed by atoms with Crippen LogP contribution in [0.1, 0.15) is 63.0 Å². The van der Waals surface area contributed by atoms with E-state index in [2.05, 4.69) is 70.4 Å². The van der Waals surface area contributed by atoms with Crippen molar-refractivity contribution in [2.75, 3.05) is 10.2 Å². The second-order valence-electron chi connectivity index (χ2n) is 9.42. The third-order valence-corrected chi connectivity index (χ3v) is 6.33. The Morgan fingerprint density at radius 1 is 1.21 bits per heavy atom. The van der Waals surface area contributed by atoms with Crippen molar-refractivity contribution in [2.24, 2.45) is 0 Å². The number of aryl methyl sites for hydroxylation is 1. The fourth-order valence-corrected chi connectivity index (χ4v) is 4.50. The Kier molecular flexibility index (Phi) is 6.26. The molecule has 3 aromatic rings. The van der Waals surface area contributed by atoms with Crippen molar-refractivity contribution >= 4 is 34.6 Å². The van der Waals surface area contributed by atoms with E-state index in [0.29, 0.717) is 11.5 Å². The quantitative estimate of drug-likeness (QED) is 0.493. The first-order valence-corrected chi connectivity index (χ1v) is 11.7. The average Bonchev–Trinajstić information content (AvgIpc) is 3.40. The number of anilines is 2. The predicted molar refractivity (Wildman–Crippen MR) is 137 cm³/mol. The molecule has 2 aromatic heterocycles. The van der Waals surface area contributed by atoms with Crippen molar-refractivity contribution in [3.8, 4) is 0 Å². The van der Waals surface area contributed by atoms with E-state index in [1.807, 2.05) is 50.4 Å². The van der Waals surface area contributed by atoms with Crippen LogP contribution in [0.4, 0.5) is 11.4 Å². The second-order valence-corrected chi connectivity index (χ2v) is 9.81. The molecule has 1 aromatic carbocycles. The molecule has 4 rings (SSSR count). The summed E-state index contributed by atoms with van der Waals surface area (Å²) in [5.74, 6) is 0.000762. The molecule has 0 radical (unpaired) electrons. The van der Waals surface area contributed by atoms with Crippen LogP contribution in [0.5, 0.6) is 0 Å². The molecular formula is C26H31N5OS. The normalized spacial score (nSPS) is 18.3. The zero-order valence-corrected chi connectivity index (χ0v) is 20.6. The molecule has 2 N–H and O–H groups in total. The number of pyridine rings is 1. The maximum atomic E-state index is 11.9. The fourth-order valence-electron chi connectivity index (χ4n) is 4.15. The molecule has 33 heavy (non-hydrogen) atoms. The molecule has 1 aliphatic rings. The van der Waals surface area contributed by atoms with Crippen molar-refractivity contribution < 1.29 is 4.79 Å². The monoisotopic (exact) mass is 461 g/mol. The van der Waals surface area contributed by atoms with E-state index in [-0.39, 0.29) is 23.5 Å². The highest BCUT2D eigenvalue weighted by atomic mass is 32.1. The van der Waals surface area contributed by atoms with Crippen molar-refractivity contribution in [2.45, 2.75) is 58.7 Å². The van der Waals surface area contributed by atoms with Gasteiger partial charge in [-0.1, -0.05) is 13.0 Å². The molecule has 0 saturated carbocycles. The highest BCUT2D eigenvalue weighted by molar-refractivity contribution is 7.80. The summed E-state index contributed by atoms with van der Waals surface area (Å²) >= 11 is 5.83. The minimum Gasteiger partial charge on any atom is -0.351 e. The zero-order valence-electron chi connectivity index (χ0n) is 19.8. The van der Waals surface area contributed by atoms with Crippen LogP contribution < -0.4 is 15.5 Å². The second kappa shape index (κ2) is 8.98. The summed E-state index contributed by atoms with van der Waals surface area (Å²) in [6, 6.07) is 14.0. The van der Waals surface area contributed by atoms with E-state index < -0.39 is 0 Å². The van der Waals surface area contributed by atoms with Gasteiger partial charge in [-0.3, -0.25) is 9.78 Å². The SMILES string of the molecule is CCC(=O)Nc1ccc(N2C(=S)N[C@H](c3ccccn3)[C@@H]2c2ccn(C(C)(C)C)c2)cc1C. The first kappa shape index (κ1) is 23.0. The molecule has 0 unspecified atom stereocenters. The lowest BCUT2D eigenvalue weighted by Crippen LogP contribution is -2.29.